The van der Waals surface area contributed by atoms with Crippen LogP contribution in [0.5, 0.6) is 0 Å². The van der Waals surface area contributed by atoms with E-state index in [0.29, 0.717) is 5.56 Å². The molecule has 0 heterocycles. The number of hydrogen-bond acceptors (Lipinski definition) is 2. The largest absolute Gasteiger partial charge is 0.467 e. The van der Waals surface area contributed by atoms with Crippen molar-refractivity contribution in [3.05, 3.63) is 41.0 Å². The molecule has 1 aromatic carbocycles. The zero-order valence-electron chi connectivity index (χ0n) is 8.54. The SMILES string of the molecule is [C-]#[N+]c1ccc(CC(F)C(=O)OC)cc1F. The van der Waals surface area contributed by atoms with Crippen LogP contribution in [0.15, 0.2) is 18.2 Å². The number of carbonyl (C=O) groups excluding carboxylic acids is 1. The molecule has 0 amide bonds. The summed E-state index contributed by atoms with van der Waals surface area (Å²) < 4.78 is 30.5. The summed E-state index contributed by atoms with van der Waals surface area (Å²) in [5.41, 5.74) is 0.181. The molecule has 0 bridgehead atoms. The van der Waals surface area contributed by atoms with Gasteiger partial charge in [0.2, 0.25) is 11.9 Å². The van der Waals surface area contributed by atoms with Crippen molar-refractivity contribution in [3.63, 3.8) is 0 Å². The molecule has 0 radical (unpaired) electrons. The zero-order valence-corrected chi connectivity index (χ0v) is 8.54. The quantitative estimate of drug-likeness (QED) is 0.584. The van der Waals surface area contributed by atoms with Crippen LogP contribution >= 0.6 is 0 Å². The Labute approximate surface area is 91.5 Å². The van der Waals surface area contributed by atoms with Crippen LogP contribution in [-0.4, -0.2) is 19.3 Å². The van der Waals surface area contributed by atoms with E-state index in [2.05, 4.69) is 9.58 Å². The second-order valence-corrected chi connectivity index (χ2v) is 3.09. The molecular weight excluding hydrogens is 216 g/mol. The van der Waals surface area contributed by atoms with Gasteiger partial charge in [-0.15, -0.1) is 0 Å². The maximum atomic E-state index is 13.1. The van der Waals surface area contributed by atoms with E-state index in [1.165, 1.54) is 12.1 Å². The Hall–Kier alpha value is -1.96. The number of halogens is 2. The van der Waals surface area contributed by atoms with E-state index in [-0.39, 0.29) is 12.1 Å². The summed E-state index contributed by atoms with van der Waals surface area (Å²) >= 11 is 0. The van der Waals surface area contributed by atoms with E-state index in [4.69, 9.17) is 6.57 Å². The summed E-state index contributed by atoms with van der Waals surface area (Å²) in [5, 5.41) is 0. The van der Waals surface area contributed by atoms with Crippen molar-refractivity contribution in [2.75, 3.05) is 7.11 Å². The van der Waals surface area contributed by atoms with Crippen molar-refractivity contribution in [2.24, 2.45) is 0 Å². The van der Waals surface area contributed by atoms with Crippen molar-refractivity contribution in [1.82, 2.24) is 0 Å². The molecule has 0 spiro atoms. The van der Waals surface area contributed by atoms with Gasteiger partial charge < -0.3 is 4.74 Å². The van der Waals surface area contributed by atoms with Gasteiger partial charge in [0.25, 0.3) is 0 Å². The predicted molar refractivity (Wildman–Crippen MR) is 53.3 cm³/mol. The minimum Gasteiger partial charge on any atom is -0.467 e. The number of methoxy groups -OCH3 is 1. The molecule has 1 rings (SSSR count). The number of nitrogens with zero attached hydrogens (tertiary/aromatic N) is 1. The Morgan fingerprint density at radius 2 is 2.31 bits per heavy atom. The van der Waals surface area contributed by atoms with E-state index >= 15 is 0 Å². The van der Waals surface area contributed by atoms with E-state index in [9.17, 15) is 13.6 Å². The van der Waals surface area contributed by atoms with Crippen LogP contribution < -0.4 is 0 Å². The Kier molecular flexibility index (Phi) is 3.95. The van der Waals surface area contributed by atoms with Gasteiger partial charge in [0.05, 0.1) is 13.7 Å². The van der Waals surface area contributed by atoms with Crippen LogP contribution in [0.3, 0.4) is 0 Å². The smallest absolute Gasteiger partial charge is 0.340 e. The normalized spacial score (nSPS) is 11.6. The Morgan fingerprint density at radius 3 is 2.81 bits per heavy atom. The zero-order chi connectivity index (χ0) is 12.1. The van der Waals surface area contributed by atoms with E-state index in [1.54, 1.807) is 0 Å². The molecule has 0 aliphatic rings. The van der Waals surface area contributed by atoms with Gasteiger partial charge in [0.15, 0.2) is 0 Å². The lowest BCUT2D eigenvalue weighted by Crippen LogP contribution is -2.19. The number of rotatable bonds is 3. The Balaban J connectivity index is 2.80. The number of carbonyl (C=O) groups is 1. The highest BCUT2D eigenvalue weighted by atomic mass is 19.1. The Morgan fingerprint density at radius 1 is 1.62 bits per heavy atom. The molecule has 0 aliphatic heterocycles. The van der Waals surface area contributed by atoms with Gasteiger partial charge in [-0.1, -0.05) is 12.1 Å². The summed E-state index contributed by atoms with van der Waals surface area (Å²) in [7, 11) is 1.08. The van der Waals surface area contributed by atoms with Gasteiger partial charge in [0, 0.05) is 6.42 Å². The van der Waals surface area contributed by atoms with Crippen LogP contribution in [0.4, 0.5) is 14.5 Å². The Bertz CT molecular complexity index is 440. The molecule has 16 heavy (non-hydrogen) atoms. The highest BCUT2D eigenvalue weighted by Crippen LogP contribution is 2.20. The van der Waals surface area contributed by atoms with Crippen LogP contribution in [0.2, 0.25) is 0 Å². The fraction of sp³-hybridized carbons (Fsp3) is 0.273. The molecule has 84 valence electrons. The van der Waals surface area contributed by atoms with Gasteiger partial charge in [-0.2, -0.15) is 0 Å². The molecule has 0 aliphatic carbocycles. The summed E-state index contributed by atoms with van der Waals surface area (Å²) in [6.45, 7) is 6.63. The average molecular weight is 225 g/mol. The monoisotopic (exact) mass is 225 g/mol. The fourth-order valence-electron chi connectivity index (χ4n) is 1.19. The lowest BCUT2D eigenvalue weighted by Gasteiger charge is -2.06. The first-order chi connectivity index (χ1) is 7.58. The van der Waals surface area contributed by atoms with E-state index in [0.717, 1.165) is 13.2 Å². The molecule has 0 saturated heterocycles. The summed E-state index contributed by atoms with van der Waals surface area (Å²) in [5.74, 6) is -1.71. The van der Waals surface area contributed by atoms with Crippen molar-refractivity contribution in [2.45, 2.75) is 12.6 Å². The standard InChI is InChI=1S/C11H9F2NO2/c1-14-10-4-3-7(5-8(10)12)6-9(13)11(15)16-2/h3-5,9H,6H2,2H3. The number of ether oxygens (including phenoxy) is 1. The average Bonchev–Trinajstić information content (AvgIpc) is 2.28. The summed E-state index contributed by atoms with van der Waals surface area (Å²) in [4.78, 5) is 13.7. The first-order valence-electron chi connectivity index (χ1n) is 4.46. The fourth-order valence-corrected chi connectivity index (χ4v) is 1.19. The third kappa shape index (κ3) is 2.76. The molecule has 3 nitrogen and oxygen atoms in total. The minimum absolute atomic E-state index is 0.128. The molecule has 0 fully saturated rings. The summed E-state index contributed by atoms with van der Waals surface area (Å²) in [6.07, 6.45) is -2.08. The first kappa shape index (κ1) is 12.1. The van der Waals surface area contributed by atoms with Crippen LogP contribution in [0, 0.1) is 12.4 Å². The second-order valence-electron chi connectivity index (χ2n) is 3.09. The highest BCUT2D eigenvalue weighted by molar-refractivity contribution is 5.74. The van der Waals surface area contributed by atoms with Crippen molar-refractivity contribution < 1.29 is 18.3 Å². The minimum atomic E-state index is -1.82. The first-order valence-corrected chi connectivity index (χ1v) is 4.46. The number of benzene rings is 1. The van der Waals surface area contributed by atoms with Crippen LogP contribution in [-0.2, 0) is 16.0 Å². The third-order valence-electron chi connectivity index (χ3n) is 2.00. The van der Waals surface area contributed by atoms with Crippen molar-refractivity contribution in [1.29, 1.82) is 0 Å². The predicted octanol–water partition coefficient (Wildman–Crippen LogP) is 2.43. The van der Waals surface area contributed by atoms with E-state index in [1.807, 2.05) is 0 Å². The lowest BCUT2D eigenvalue weighted by atomic mass is 10.1. The molecule has 1 atom stereocenters. The highest BCUT2D eigenvalue weighted by Gasteiger charge is 2.18. The van der Waals surface area contributed by atoms with Crippen molar-refractivity contribution in [3.8, 4) is 0 Å². The molecule has 0 saturated carbocycles. The van der Waals surface area contributed by atoms with Gasteiger partial charge in [-0.25, -0.2) is 18.4 Å². The number of esters is 1. The molecule has 5 heteroatoms. The second kappa shape index (κ2) is 5.21. The summed E-state index contributed by atoms with van der Waals surface area (Å²) in [6, 6.07) is 3.70. The number of alkyl halides is 1. The van der Waals surface area contributed by atoms with Gasteiger partial charge in [-0.3, -0.25) is 0 Å². The maximum Gasteiger partial charge on any atom is 0.340 e. The molecule has 0 N–H and O–H groups in total. The maximum absolute atomic E-state index is 13.1. The molecule has 0 aromatic heterocycles. The lowest BCUT2D eigenvalue weighted by molar-refractivity contribution is -0.146. The van der Waals surface area contributed by atoms with Crippen LogP contribution in [0.25, 0.3) is 4.85 Å². The number of hydrogen-bond donors (Lipinski definition) is 0. The van der Waals surface area contributed by atoms with Crippen LogP contribution in [0.1, 0.15) is 5.56 Å². The van der Waals surface area contributed by atoms with E-state index < -0.39 is 18.0 Å². The van der Waals surface area contributed by atoms with Gasteiger partial charge in [0.1, 0.15) is 5.82 Å². The van der Waals surface area contributed by atoms with Gasteiger partial charge in [-0.05, 0) is 11.6 Å². The van der Waals surface area contributed by atoms with Crippen molar-refractivity contribution >= 4 is 11.7 Å². The topological polar surface area (TPSA) is 30.7 Å². The molecular formula is C11H9F2NO2. The molecule has 1 aromatic rings. The molecule has 1 unspecified atom stereocenters. The van der Waals surface area contributed by atoms with Gasteiger partial charge >= 0.3 is 5.97 Å². The third-order valence-corrected chi connectivity index (χ3v) is 2.00.